The first-order valence-electron chi connectivity index (χ1n) is 8.43. The molecule has 25 heavy (non-hydrogen) atoms. The maximum Gasteiger partial charge on any atom is 0.257 e. The molecule has 3 rings (SSSR count). The van der Waals surface area contributed by atoms with Crippen LogP contribution in [0.3, 0.4) is 0 Å². The highest BCUT2D eigenvalue weighted by molar-refractivity contribution is 5.98. The van der Waals surface area contributed by atoms with Crippen molar-refractivity contribution in [1.29, 1.82) is 0 Å². The van der Waals surface area contributed by atoms with Crippen molar-refractivity contribution in [3.05, 3.63) is 53.9 Å². The van der Waals surface area contributed by atoms with Gasteiger partial charge in [-0.3, -0.25) is 9.78 Å². The molecule has 0 bridgehead atoms. The average Bonchev–Trinajstić information content (AvgIpc) is 2.61. The summed E-state index contributed by atoms with van der Waals surface area (Å²) in [6.07, 6.45) is 4.36. The zero-order valence-electron chi connectivity index (χ0n) is 14.4. The van der Waals surface area contributed by atoms with Crippen molar-refractivity contribution in [2.75, 3.05) is 33.4 Å². The lowest BCUT2D eigenvalue weighted by atomic mass is 9.92. The molecule has 1 aliphatic rings. The lowest BCUT2D eigenvalue weighted by molar-refractivity contribution is 0.0597. The number of carbonyl (C=O) groups is 1. The summed E-state index contributed by atoms with van der Waals surface area (Å²) in [4.78, 5) is 18.8. The fourth-order valence-electron chi connectivity index (χ4n) is 2.84. The van der Waals surface area contributed by atoms with Gasteiger partial charge >= 0.3 is 0 Å². The second-order valence-corrected chi connectivity index (χ2v) is 6.05. The fraction of sp³-hybridized carbons (Fsp3) is 0.368. The number of nitrogens with two attached hydrogens (primary N) is 1. The van der Waals surface area contributed by atoms with Crippen molar-refractivity contribution in [2.45, 2.75) is 12.3 Å². The summed E-state index contributed by atoms with van der Waals surface area (Å²) >= 11 is 0. The molecule has 6 nitrogen and oxygen atoms in total. The lowest BCUT2D eigenvalue weighted by Crippen LogP contribution is -2.48. The Morgan fingerprint density at radius 3 is 2.88 bits per heavy atom. The zero-order chi connectivity index (χ0) is 17.6. The third-order valence-corrected chi connectivity index (χ3v) is 4.35. The van der Waals surface area contributed by atoms with Crippen molar-refractivity contribution < 1.29 is 14.3 Å². The van der Waals surface area contributed by atoms with Gasteiger partial charge in [0.15, 0.2) is 0 Å². The molecule has 6 heteroatoms. The standard InChI is InChI=1S/C19H23N3O3/c1-24-16-5-6-18(25-9-3-7-20)17(10-16)19(23)22-12-15(13-22)14-4-2-8-21-11-14/h2,4-6,8,10-11,15H,3,7,9,12-13,20H2,1H3. The molecule has 1 amide bonds. The van der Waals surface area contributed by atoms with E-state index in [1.807, 2.05) is 23.2 Å². The number of ether oxygens (including phenoxy) is 2. The van der Waals surface area contributed by atoms with Gasteiger partial charge < -0.3 is 20.1 Å². The number of pyridine rings is 1. The molecule has 2 aromatic rings. The number of benzene rings is 1. The molecule has 132 valence electrons. The molecule has 1 aromatic carbocycles. The van der Waals surface area contributed by atoms with Crippen molar-refractivity contribution >= 4 is 5.91 Å². The minimum absolute atomic E-state index is 0.0400. The molecule has 0 unspecified atom stereocenters. The maximum atomic E-state index is 12.9. The summed E-state index contributed by atoms with van der Waals surface area (Å²) < 4.78 is 11.0. The van der Waals surface area contributed by atoms with Gasteiger partial charge in [0.05, 0.1) is 19.3 Å². The fourth-order valence-corrected chi connectivity index (χ4v) is 2.84. The average molecular weight is 341 g/mol. The molecular formula is C19H23N3O3. The minimum atomic E-state index is -0.0400. The van der Waals surface area contributed by atoms with Crippen LogP contribution in [0.5, 0.6) is 11.5 Å². The summed E-state index contributed by atoms with van der Waals surface area (Å²) in [7, 11) is 1.58. The molecule has 1 aliphatic heterocycles. The number of hydrogen-bond donors (Lipinski definition) is 1. The van der Waals surface area contributed by atoms with E-state index in [0.29, 0.717) is 49.2 Å². The first-order valence-corrected chi connectivity index (χ1v) is 8.43. The Hall–Kier alpha value is -2.60. The largest absolute Gasteiger partial charge is 0.497 e. The molecule has 0 saturated carbocycles. The Labute approximate surface area is 147 Å². The van der Waals surface area contributed by atoms with Crippen LogP contribution in [0.15, 0.2) is 42.7 Å². The first kappa shape index (κ1) is 17.2. The quantitative estimate of drug-likeness (QED) is 0.780. The number of aromatic nitrogens is 1. The molecule has 0 aliphatic carbocycles. The summed E-state index contributed by atoms with van der Waals surface area (Å²) in [5, 5.41) is 0. The van der Waals surface area contributed by atoms with Crippen LogP contribution in [0.4, 0.5) is 0 Å². The van der Waals surface area contributed by atoms with E-state index < -0.39 is 0 Å². The number of nitrogens with zero attached hydrogens (tertiary/aromatic N) is 2. The number of amides is 1. The second kappa shape index (κ2) is 7.98. The van der Waals surface area contributed by atoms with Crippen LogP contribution in [0.25, 0.3) is 0 Å². The van der Waals surface area contributed by atoms with Crippen molar-refractivity contribution in [1.82, 2.24) is 9.88 Å². The number of carbonyl (C=O) groups excluding carboxylic acids is 1. The Morgan fingerprint density at radius 2 is 2.20 bits per heavy atom. The predicted molar refractivity (Wildman–Crippen MR) is 95.0 cm³/mol. The van der Waals surface area contributed by atoms with E-state index >= 15 is 0 Å². The Bertz CT molecular complexity index is 715. The van der Waals surface area contributed by atoms with Gasteiger partial charge in [0.2, 0.25) is 0 Å². The summed E-state index contributed by atoms with van der Waals surface area (Å²) in [5.74, 6) is 1.51. The molecule has 0 radical (unpaired) electrons. The zero-order valence-corrected chi connectivity index (χ0v) is 14.4. The summed E-state index contributed by atoms with van der Waals surface area (Å²) in [6.45, 7) is 2.41. The van der Waals surface area contributed by atoms with E-state index in [-0.39, 0.29) is 5.91 Å². The van der Waals surface area contributed by atoms with E-state index in [2.05, 4.69) is 4.98 Å². The second-order valence-electron chi connectivity index (χ2n) is 6.05. The highest BCUT2D eigenvalue weighted by Gasteiger charge is 2.33. The lowest BCUT2D eigenvalue weighted by Gasteiger charge is -2.39. The van der Waals surface area contributed by atoms with Crippen LogP contribution in [0, 0.1) is 0 Å². The highest BCUT2D eigenvalue weighted by atomic mass is 16.5. The number of hydrogen-bond acceptors (Lipinski definition) is 5. The molecule has 0 atom stereocenters. The molecule has 2 heterocycles. The molecule has 2 N–H and O–H groups in total. The van der Waals surface area contributed by atoms with E-state index in [0.717, 1.165) is 12.0 Å². The third-order valence-electron chi connectivity index (χ3n) is 4.35. The van der Waals surface area contributed by atoms with Gasteiger partial charge in [-0.1, -0.05) is 6.07 Å². The Kier molecular flexibility index (Phi) is 5.50. The normalized spacial score (nSPS) is 14.1. The van der Waals surface area contributed by atoms with Gasteiger partial charge in [0.1, 0.15) is 11.5 Å². The van der Waals surface area contributed by atoms with Gasteiger partial charge in [0.25, 0.3) is 5.91 Å². The third kappa shape index (κ3) is 3.91. The SMILES string of the molecule is COc1ccc(OCCCN)c(C(=O)N2CC(c3cccnc3)C2)c1. The smallest absolute Gasteiger partial charge is 0.257 e. The topological polar surface area (TPSA) is 77.7 Å². The van der Waals surface area contributed by atoms with Crippen LogP contribution in [-0.2, 0) is 0 Å². The number of rotatable bonds is 7. The van der Waals surface area contributed by atoms with Crippen LogP contribution in [0.2, 0.25) is 0 Å². The van der Waals surface area contributed by atoms with Crippen LogP contribution >= 0.6 is 0 Å². The molecule has 1 saturated heterocycles. The van der Waals surface area contributed by atoms with Crippen molar-refractivity contribution in [3.63, 3.8) is 0 Å². The highest BCUT2D eigenvalue weighted by Crippen LogP contribution is 2.31. The van der Waals surface area contributed by atoms with Gasteiger partial charge in [-0.05, 0) is 42.8 Å². The molecular weight excluding hydrogens is 318 g/mol. The maximum absolute atomic E-state index is 12.9. The van der Waals surface area contributed by atoms with E-state index in [1.54, 1.807) is 31.5 Å². The summed E-state index contributed by atoms with van der Waals surface area (Å²) in [5.41, 5.74) is 7.20. The molecule has 1 aromatic heterocycles. The van der Waals surface area contributed by atoms with Crippen LogP contribution in [-0.4, -0.2) is 49.1 Å². The number of methoxy groups -OCH3 is 1. The van der Waals surface area contributed by atoms with Crippen LogP contribution in [0.1, 0.15) is 28.3 Å². The minimum Gasteiger partial charge on any atom is -0.497 e. The van der Waals surface area contributed by atoms with E-state index in [1.165, 1.54) is 0 Å². The molecule has 1 fully saturated rings. The van der Waals surface area contributed by atoms with Crippen LogP contribution < -0.4 is 15.2 Å². The number of likely N-dealkylation sites (tertiary alicyclic amines) is 1. The first-order chi connectivity index (χ1) is 12.2. The Balaban J connectivity index is 1.71. The van der Waals surface area contributed by atoms with Gasteiger partial charge in [-0.2, -0.15) is 0 Å². The monoisotopic (exact) mass is 341 g/mol. The van der Waals surface area contributed by atoms with Crippen molar-refractivity contribution in [3.8, 4) is 11.5 Å². The van der Waals surface area contributed by atoms with E-state index in [4.69, 9.17) is 15.2 Å². The van der Waals surface area contributed by atoms with Gasteiger partial charge in [-0.15, -0.1) is 0 Å². The predicted octanol–water partition coefficient (Wildman–Crippen LogP) is 2.06. The van der Waals surface area contributed by atoms with E-state index in [9.17, 15) is 4.79 Å². The molecule has 0 spiro atoms. The summed E-state index contributed by atoms with van der Waals surface area (Å²) in [6, 6.07) is 9.28. The van der Waals surface area contributed by atoms with Crippen molar-refractivity contribution in [2.24, 2.45) is 5.73 Å². The van der Waals surface area contributed by atoms with Gasteiger partial charge in [-0.25, -0.2) is 0 Å². The van der Waals surface area contributed by atoms with Gasteiger partial charge in [0, 0.05) is 31.4 Å². The Morgan fingerprint density at radius 1 is 1.36 bits per heavy atom.